The summed E-state index contributed by atoms with van der Waals surface area (Å²) in [5.74, 6) is 1.77. The van der Waals surface area contributed by atoms with Gasteiger partial charge in [0.1, 0.15) is 6.10 Å². The van der Waals surface area contributed by atoms with Gasteiger partial charge in [-0.1, -0.05) is 6.92 Å². The largest absolute Gasteiger partial charge is 0.488 e. The minimum Gasteiger partial charge on any atom is -0.488 e. The molecular weight excluding hydrogens is 242 g/mol. The number of ether oxygens (including phenoxy) is 2. The fourth-order valence-corrected chi connectivity index (χ4v) is 2.38. The van der Waals surface area contributed by atoms with E-state index in [0.717, 1.165) is 37.9 Å². The molecule has 1 aliphatic carbocycles. The Hall–Kier alpha value is -1.29. The number of rotatable bonds is 6. The number of pyridine rings is 1. The summed E-state index contributed by atoms with van der Waals surface area (Å²) < 4.78 is 11.6. The van der Waals surface area contributed by atoms with Crippen molar-refractivity contribution >= 4 is 0 Å². The second-order valence-electron chi connectivity index (χ2n) is 5.10. The van der Waals surface area contributed by atoms with Crippen LogP contribution in [-0.4, -0.2) is 29.4 Å². The molecule has 0 aromatic carbocycles. The number of aromatic nitrogens is 1. The normalized spacial score (nSPS) is 23.1. The standard InChI is InChI=1S/C15H23NO3/c1-2-10-18-14-4-3-9-16-15(14)19-13-7-5-12(11-17)6-8-13/h3-4,9,12-13,17H,2,5-8,10-11H2,1H3. The zero-order valence-corrected chi connectivity index (χ0v) is 11.5. The molecule has 0 atom stereocenters. The molecule has 1 saturated carbocycles. The SMILES string of the molecule is CCCOc1cccnc1OC1CCC(CO)CC1. The summed E-state index contributed by atoms with van der Waals surface area (Å²) in [4.78, 5) is 4.27. The smallest absolute Gasteiger partial charge is 0.257 e. The van der Waals surface area contributed by atoms with Gasteiger partial charge in [-0.05, 0) is 50.2 Å². The number of hydrogen-bond acceptors (Lipinski definition) is 4. The zero-order chi connectivity index (χ0) is 13.5. The van der Waals surface area contributed by atoms with Crippen molar-refractivity contribution in [3.63, 3.8) is 0 Å². The lowest BCUT2D eigenvalue weighted by molar-refractivity contribution is 0.0968. The fraction of sp³-hybridized carbons (Fsp3) is 0.667. The molecule has 19 heavy (non-hydrogen) atoms. The van der Waals surface area contributed by atoms with Crippen LogP contribution in [0, 0.1) is 5.92 Å². The van der Waals surface area contributed by atoms with Gasteiger partial charge in [-0.25, -0.2) is 4.98 Å². The minimum absolute atomic E-state index is 0.196. The van der Waals surface area contributed by atoms with Gasteiger partial charge in [-0.15, -0.1) is 0 Å². The van der Waals surface area contributed by atoms with E-state index >= 15 is 0 Å². The van der Waals surface area contributed by atoms with Gasteiger partial charge >= 0.3 is 0 Å². The fourth-order valence-electron chi connectivity index (χ4n) is 2.38. The molecule has 1 fully saturated rings. The molecule has 0 bridgehead atoms. The molecule has 4 nitrogen and oxygen atoms in total. The second-order valence-corrected chi connectivity index (χ2v) is 5.10. The highest BCUT2D eigenvalue weighted by atomic mass is 16.5. The van der Waals surface area contributed by atoms with E-state index in [2.05, 4.69) is 11.9 Å². The Labute approximate surface area is 114 Å². The molecule has 0 aliphatic heterocycles. The molecule has 0 spiro atoms. The molecule has 4 heteroatoms. The minimum atomic E-state index is 0.196. The number of nitrogens with zero attached hydrogens (tertiary/aromatic N) is 1. The molecule has 0 amide bonds. The Kier molecular flexibility index (Phi) is 5.45. The van der Waals surface area contributed by atoms with E-state index in [1.54, 1.807) is 6.20 Å². The van der Waals surface area contributed by atoms with Crippen LogP contribution in [0.4, 0.5) is 0 Å². The Morgan fingerprint density at radius 1 is 1.32 bits per heavy atom. The summed E-state index contributed by atoms with van der Waals surface area (Å²) in [6.45, 7) is 3.05. The van der Waals surface area contributed by atoms with Gasteiger partial charge in [0.15, 0.2) is 5.75 Å². The highest BCUT2D eigenvalue weighted by Crippen LogP contribution is 2.30. The van der Waals surface area contributed by atoms with E-state index in [4.69, 9.17) is 14.6 Å². The zero-order valence-electron chi connectivity index (χ0n) is 11.5. The number of hydrogen-bond donors (Lipinski definition) is 1. The summed E-state index contributed by atoms with van der Waals surface area (Å²) in [5, 5.41) is 9.14. The summed E-state index contributed by atoms with van der Waals surface area (Å²) in [6.07, 6.45) is 6.91. The highest BCUT2D eigenvalue weighted by molar-refractivity contribution is 5.32. The maximum Gasteiger partial charge on any atom is 0.257 e. The van der Waals surface area contributed by atoms with E-state index in [-0.39, 0.29) is 6.10 Å². The predicted molar refractivity (Wildman–Crippen MR) is 73.5 cm³/mol. The lowest BCUT2D eigenvalue weighted by atomic mass is 9.88. The Balaban J connectivity index is 1.91. The van der Waals surface area contributed by atoms with Crippen LogP contribution >= 0.6 is 0 Å². The summed E-state index contributed by atoms with van der Waals surface area (Å²) in [7, 11) is 0. The Bertz CT molecular complexity index is 375. The van der Waals surface area contributed by atoms with Crippen molar-refractivity contribution in [1.29, 1.82) is 0 Å². The van der Waals surface area contributed by atoms with Crippen molar-refractivity contribution in [3.05, 3.63) is 18.3 Å². The third-order valence-corrected chi connectivity index (χ3v) is 3.53. The Morgan fingerprint density at radius 2 is 2.11 bits per heavy atom. The lowest BCUT2D eigenvalue weighted by Crippen LogP contribution is -2.26. The first-order valence-electron chi connectivity index (χ1n) is 7.18. The number of aliphatic hydroxyl groups excluding tert-OH is 1. The van der Waals surface area contributed by atoms with Gasteiger partial charge < -0.3 is 14.6 Å². The van der Waals surface area contributed by atoms with Gasteiger partial charge in [-0.3, -0.25) is 0 Å². The van der Waals surface area contributed by atoms with Crippen molar-refractivity contribution < 1.29 is 14.6 Å². The number of aliphatic hydroxyl groups is 1. The van der Waals surface area contributed by atoms with E-state index in [0.29, 0.717) is 25.0 Å². The van der Waals surface area contributed by atoms with Crippen LogP contribution in [0.15, 0.2) is 18.3 Å². The second kappa shape index (κ2) is 7.34. The molecule has 0 unspecified atom stereocenters. The van der Waals surface area contributed by atoms with Crippen LogP contribution in [-0.2, 0) is 0 Å². The van der Waals surface area contributed by atoms with Gasteiger partial charge in [0.2, 0.25) is 0 Å². The quantitative estimate of drug-likeness (QED) is 0.859. The molecule has 0 radical (unpaired) electrons. The first-order chi connectivity index (χ1) is 9.33. The molecule has 1 aromatic heterocycles. The first-order valence-corrected chi connectivity index (χ1v) is 7.18. The van der Waals surface area contributed by atoms with Gasteiger partial charge in [0, 0.05) is 12.8 Å². The third kappa shape index (κ3) is 4.10. The van der Waals surface area contributed by atoms with E-state index in [1.807, 2.05) is 12.1 Å². The van der Waals surface area contributed by atoms with Gasteiger partial charge in [-0.2, -0.15) is 0 Å². The molecule has 1 N–H and O–H groups in total. The maximum absolute atomic E-state index is 9.14. The average molecular weight is 265 g/mol. The van der Waals surface area contributed by atoms with Crippen LogP contribution < -0.4 is 9.47 Å². The molecule has 2 rings (SSSR count). The van der Waals surface area contributed by atoms with E-state index in [1.165, 1.54) is 0 Å². The summed E-state index contributed by atoms with van der Waals surface area (Å²) >= 11 is 0. The van der Waals surface area contributed by atoms with Crippen molar-refractivity contribution in [1.82, 2.24) is 4.98 Å². The Morgan fingerprint density at radius 3 is 2.79 bits per heavy atom. The molecule has 1 aromatic rings. The van der Waals surface area contributed by atoms with Crippen molar-refractivity contribution in [3.8, 4) is 11.6 Å². The average Bonchev–Trinajstić information content (AvgIpc) is 2.47. The van der Waals surface area contributed by atoms with E-state index < -0.39 is 0 Å². The third-order valence-electron chi connectivity index (χ3n) is 3.53. The predicted octanol–water partition coefficient (Wildman–Crippen LogP) is 2.80. The summed E-state index contributed by atoms with van der Waals surface area (Å²) in [5.41, 5.74) is 0. The van der Waals surface area contributed by atoms with Crippen molar-refractivity contribution in [2.75, 3.05) is 13.2 Å². The van der Waals surface area contributed by atoms with Crippen LogP contribution in [0.5, 0.6) is 11.6 Å². The molecule has 1 aliphatic rings. The van der Waals surface area contributed by atoms with Gasteiger partial charge in [0.25, 0.3) is 5.88 Å². The van der Waals surface area contributed by atoms with Crippen molar-refractivity contribution in [2.24, 2.45) is 5.92 Å². The molecule has 106 valence electrons. The van der Waals surface area contributed by atoms with Crippen LogP contribution in [0.1, 0.15) is 39.0 Å². The van der Waals surface area contributed by atoms with Crippen molar-refractivity contribution in [2.45, 2.75) is 45.1 Å². The lowest BCUT2D eigenvalue weighted by Gasteiger charge is -2.27. The summed E-state index contributed by atoms with van der Waals surface area (Å²) in [6, 6.07) is 3.76. The highest BCUT2D eigenvalue weighted by Gasteiger charge is 2.23. The molecule has 0 saturated heterocycles. The molecular formula is C15H23NO3. The monoisotopic (exact) mass is 265 g/mol. The van der Waals surface area contributed by atoms with Crippen LogP contribution in [0.25, 0.3) is 0 Å². The first kappa shape index (κ1) is 14.1. The maximum atomic E-state index is 9.14. The van der Waals surface area contributed by atoms with E-state index in [9.17, 15) is 0 Å². The van der Waals surface area contributed by atoms with Gasteiger partial charge in [0.05, 0.1) is 6.61 Å². The van der Waals surface area contributed by atoms with Crippen LogP contribution in [0.2, 0.25) is 0 Å². The van der Waals surface area contributed by atoms with Crippen LogP contribution in [0.3, 0.4) is 0 Å². The molecule has 1 heterocycles. The topological polar surface area (TPSA) is 51.6 Å².